The molecule has 3 nitrogen and oxygen atoms in total. The van der Waals surface area contributed by atoms with Crippen molar-refractivity contribution in [2.75, 3.05) is 33.2 Å². The molecule has 0 radical (unpaired) electrons. The Labute approximate surface area is 106 Å². The number of nitrogens with zero attached hydrogens (tertiary/aromatic N) is 2. The molecule has 1 saturated heterocycles. The van der Waals surface area contributed by atoms with Crippen LogP contribution < -0.4 is 5.32 Å². The summed E-state index contributed by atoms with van der Waals surface area (Å²) in [6, 6.07) is 4.20. The second kappa shape index (κ2) is 5.61. The van der Waals surface area contributed by atoms with Gasteiger partial charge < -0.3 is 15.1 Å². The highest BCUT2D eigenvalue weighted by Gasteiger charge is 2.15. The topological polar surface area (TPSA) is 18.5 Å². The predicted octanol–water partition coefficient (Wildman–Crippen LogP) is 1.37. The van der Waals surface area contributed by atoms with Crippen LogP contribution in [0.2, 0.25) is 0 Å². The van der Waals surface area contributed by atoms with Gasteiger partial charge in [-0.15, -0.1) is 11.3 Å². The average molecular weight is 255 g/mol. The number of likely N-dealkylation sites (N-methyl/N-ethyl adjacent to an activating group) is 1. The molecular weight excluding hydrogens is 238 g/mol. The number of thiocarbonyl (C=S) groups is 1. The molecular formula is C11H17N3S2. The highest BCUT2D eigenvalue weighted by Crippen LogP contribution is 2.08. The van der Waals surface area contributed by atoms with Crippen molar-refractivity contribution in [1.29, 1.82) is 0 Å². The highest BCUT2D eigenvalue weighted by atomic mass is 32.1. The summed E-state index contributed by atoms with van der Waals surface area (Å²) in [4.78, 5) is 5.91. The summed E-state index contributed by atoms with van der Waals surface area (Å²) in [5, 5.41) is 6.30. The van der Waals surface area contributed by atoms with Crippen LogP contribution >= 0.6 is 23.6 Å². The summed E-state index contributed by atoms with van der Waals surface area (Å²) in [5.41, 5.74) is 0. The van der Waals surface area contributed by atoms with Gasteiger partial charge in [0.05, 0.1) is 6.54 Å². The number of hydrogen-bond donors (Lipinski definition) is 1. The van der Waals surface area contributed by atoms with Gasteiger partial charge in [0.2, 0.25) is 0 Å². The maximum Gasteiger partial charge on any atom is 0.169 e. The van der Waals surface area contributed by atoms with Crippen molar-refractivity contribution < 1.29 is 0 Å². The Kier molecular flexibility index (Phi) is 4.15. The van der Waals surface area contributed by atoms with Crippen LogP contribution in [0, 0.1) is 0 Å². The largest absolute Gasteiger partial charge is 0.358 e. The lowest BCUT2D eigenvalue weighted by Gasteiger charge is -2.34. The number of piperazine rings is 1. The van der Waals surface area contributed by atoms with Gasteiger partial charge in [-0.3, -0.25) is 0 Å². The fourth-order valence-electron chi connectivity index (χ4n) is 1.70. The molecule has 0 spiro atoms. The van der Waals surface area contributed by atoms with Crippen LogP contribution in [0.15, 0.2) is 17.5 Å². The van der Waals surface area contributed by atoms with Gasteiger partial charge in [-0.2, -0.15) is 0 Å². The minimum absolute atomic E-state index is 0.850. The third-order valence-electron chi connectivity index (χ3n) is 2.78. The molecule has 2 heterocycles. The molecule has 1 fully saturated rings. The van der Waals surface area contributed by atoms with Crippen LogP contribution in [0.5, 0.6) is 0 Å². The van der Waals surface area contributed by atoms with E-state index >= 15 is 0 Å². The third-order valence-corrected chi connectivity index (χ3v) is 4.06. The van der Waals surface area contributed by atoms with Crippen molar-refractivity contribution in [2.24, 2.45) is 0 Å². The number of rotatable bonds is 2. The zero-order valence-corrected chi connectivity index (χ0v) is 11.1. The van der Waals surface area contributed by atoms with Crippen LogP contribution in [-0.4, -0.2) is 48.1 Å². The van der Waals surface area contributed by atoms with Gasteiger partial charge in [0.25, 0.3) is 0 Å². The third kappa shape index (κ3) is 3.17. The Bertz CT molecular complexity index is 329. The van der Waals surface area contributed by atoms with Gasteiger partial charge in [-0.25, -0.2) is 0 Å². The molecule has 1 N–H and O–H groups in total. The first-order valence-corrected chi connectivity index (χ1v) is 6.78. The summed E-state index contributed by atoms with van der Waals surface area (Å²) < 4.78 is 0. The quantitative estimate of drug-likeness (QED) is 0.804. The number of hydrogen-bond acceptors (Lipinski definition) is 3. The van der Waals surface area contributed by atoms with Crippen LogP contribution in [0.1, 0.15) is 4.88 Å². The van der Waals surface area contributed by atoms with Crippen LogP contribution in [0.4, 0.5) is 0 Å². The van der Waals surface area contributed by atoms with Crippen LogP contribution in [0.3, 0.4) is 0 Å². The van der Waals surface area contributed by atoms with Gasteiger partial charge >= 0.3 is 0 Å². The van der Waals surface area contributed by atoms with E-state index in [4.69, 9.17) is 12.2 Å². The minimum Gasteiger partial charge on any atom is -0.358 e. The molecule has 5 heteroatoms. The van der Waals surface area contributed by atoms with E-state index in [0.29, 0.717) is 0 Å². The van der Waals surface area contributed by atoms with Crippen molar-refractivity contribution in [1.82, 2.24) is 15.1 Å². The van der Waals surface area contributed by atoms with E-state index in [1.807, 2.05) is 0 Å². The van der Waals surface area contributed by atoms with Gasteiger partial charge in [0, 0.05) is 31.1 Å². The molecule has 0 aliphatic carbocycles. The summed E-state index contributed by atoms with van der Waals surface area (Å²) in [6.07, 6.45) is 0. The summed E-state index contributed by atoms with van der Waals surface area (Å²) in [6.45, 7) is 5.12. The normalized spacial score (nSPS) is 17.4. The SMILES string of the molecule is CN1CCN(C(=S)NCc2cccs2)CC1. The molecule has 2 rings (SSSR count). The molecule has 0 unspecified atom stereocenters. The van der Waals surface area contributed by atoms with Gasteiger partial charge in [-0.1, -0.05) is 6.07 Å². The van der Waals surface area contributed by atoms with Crippen molar-refractivity contribution in [2.45, 2.75) is 6.54 Å². The molecule has 1 aliphatic rings. The lowest BCUT2D eigenvalue weighted by molar-refractivity contribution is 0.214. The second-order valence-electron chi connectivity index (χ2n) is 4.03. The first-order valence-electron chi connectivity index (χ1n) is 5.49. The molecule has 1 aliphatic heterocycles. The maximum atomic E-state index is 5.39. The van der Waals surface area contributed by atoms with E-state index in [1.54, 1.807) is 11.3 Å². The van der Waals surface area contributed by atoms with Crippen molar-refractivity contribution in [3.05, 3.63) is 22.4 Å². The lowest BCUT2D eigenvalue weighted by atomic mass is 10.3. The fourth-order valence-corrected chi connectivity index (χ4v) is 2.60. The Morgan fingerprint density at radius 3 is 2.81 bits per heavy atom. The summed E-state index contributed by atoms with van der Waals surface area (Å²) in [5.74, 6) is 0. The first kappa shape index (κ1) is 11.8. The zero-order chi connectivity index (χ0) is 11.4. The highest BCUT2D eigenvalue weighted by molar-refractivity contribution is 7.80. The van der Waals surface area contributed by atoms with Gasteiger partial charge in [-0.05, 0) is 30.7 Å². The molecule has 0 aromatic carbocycles. The van der Waals surface area contributed by atoms with Crippen molar-refractivity contribution in [3.8, 4) is 0 Å². The number of nitrogens with one attached hydrogen (secondary N) is 1. The average Bonchev–Trinajstić information content (AvgIpc) is 2.80. The molecule has 1 aromatic rings. The Morgan fingerprint density at radius 1 is 1.44 bits per heavy atom. The molecule has 1 aromatic heterocycles. The summed E-state index contributed by atoms with van der Waals surface area (Å²) in [7, 11) is 2.15. The lowest BCUT2D eigenvalue weighted by Crippen LogP contribution is -2.50. The Hall–Kier alpha value is -0.650. The minimum atomic E-state index is 0.850. The molecule has 0 bridgehead atoms. The smallest absolute Gasteiger partial charge is 0.169 e. The molecule has 88 valence electrons. The monoisotopic (exact) mass is 255 g/mol. The Balaban J connectivity index is 1.75. The molecule has 0 saturated carbocycles. The van der Waals surface area contributed by atoms with Crippen LogP contribution in [0.25, 0.3) is 0 Å². The van der Waals surface area contributed by atoms with E-state index in [1.165, 1.54) is 4.88 Å². The zero-order valence-electron chi connectivity index (χ0n) is 9.48. The first-order chi connectivity index (χ1) is 7.75. The molecule has 0 atom stereocenters. The number of thiophene rings is 1. The Morgan fingerprint density at radius 2 is 2.19 bits per heavy atom. The van der Waals surface area contributed by atoms with E-state index < -0.39 is 0 Å². The van der Waals surface area contributed by atoms with Gasteiger partial charge in [0.1, 0.15) is 0 Å². The van der Waals surface area contributed by atoms with E-state index in [9.17, 15) is 0 Å². The fraction of sp³-hybridized carbons (Fsp3) is 0.545. The standard InChI is InChI=1S/C11H17N3S2/c1-13-4-6-14(7-5-13)11(15)12-9-10-3-2-8-16-10/h2-3,8H,4-7,9H2,1H3,(H,12,15). The second-order valence-corrected chi connectivity index (χ2v) is 5.45. The summed E-state index contributed by atoms with van der Waals surface area (Å²) >= 11 is 7.15. The van der Waals surface area contributed by atoms with Crippen molar-refractivity contribution in [3.63, 3.8) is 0 Å². The predicted molar refractivity (Wildman–Crippen MR) is 72.8 cm³/mol. The van der Waals surface area contributed by atoms with E-state index in [-0.39, 0.29) is 0 Å². The van der Waals surface area contributed by atoms with Crippen LogP contribution in [-0.2, 0) is 6.54 Å². The van der Waals surface area contributed by atoms with E-state index in [0.717, 1.165) is 37.8 Å². The van der Waals surface area contributed by atoms with E-state index in [2.05, 4.69) is 39.7 Å². The molecule has 16 heavy (non-hydrogen) atoms. The maximum absolute atomic E-state index is 5.39. The molecule has 0 amide bonds. The van der Waals surface area contributed by atoms with Crippen molar-refractivity contribution >= 4 is 28.7 Å². The van der Waals surface area contributed by atoms with Gasteiger partial charge in [0.15, 0.2) is 5.11 Å².